The molecule has 0 radical (unpaired) electrons. The zero-order chi connectivity index (χ0) is 30.6. The Bertz CT molecular complexity index is 1150. The van der Waals surface area contributed by atoms with Gasteiger partial charge in [-0.05, 0) is 95.8 Å². The van der Waals surface area contributed by atoms with Gasteiger partial charge in [0, 0.05) is 24.2 Å². The average molecular weight is 588 g/mol. The van der Waals surface area contributed by atoms with E-state index in [1.807, 2.05) is 27.7 Å². The standard InChI is InChI=1S/C32H46FN3O6/c1-19(34-31(41)42-32(2,3)4)20-10-12-22(13-11-20)29(38)36-17-16-24(21-8-6-5-7-9-21)27(36)28(37)35-23-14-15-25(30(39)40)26(33)18-23/h14-15,18-22,24,27H,5-13,16-17H2,1-4H3,(H,34,41)(H,35,37)(H,39,40)/t19?,20?,22?,24-,27-/m0/s1. The van der Waals surface area contributed by atoms with Gasteiger partial charge in [0.05, 0.1) is 5.56 Å². The van der Waals surface area contributed by atoms with Gasteiger partial charge in [0.25, 0.3) is 0 Å². The molecule has 1 heterocycles. The van der Waals surface area contributed by atoms with Crippen molar-refractivity contribution in [2.75, 3.05) is 11.9 Å². The van der Waals surface area contributed by atoms with Crippen molar-refractivity contribution >= 4 is 29.6 Å². The number of halogens is 1. The van der Waals surface area contributed by atoms with Crippen LogP contribution in [0.25, 0.3) is 0 Å². The summed E-state index contributed by atoms with van der Waals surface area (Å²) < 4.78 is 19.7. The minimum absolute atomic E-state index is 0.00734. The highest BCUT2D eigenvalue weighted by Gasteiger charge is 2.47. The molecule has 3 N–H and O–H groups in total. The Morgan fingerprint density at radius 1 is 1.00 bits per heavy atom. The molecule has 2 aliphatic carbocycles. The number of rotatable bonds is 7. The Kier molecular flexibility index (Phi) is 10.1. The summed E-state index contributed by atoms with van der Waals surface area (Å²) in [5, 5.41) is 14.9. The number of nitrogens with one attached hydrogen (secondary N) is 2. The van der Waals surface area contributed by atoms with E-state index in [1.165, 1.54) is 12.5 Å². The van der Waals surface area contributed by atoms with Crippen LogP contribution < -0.4 is 10.6 Å². The molecule has 42 heavy (non-hydrogen) atoms. The molecule has 232 valence electrons. The number of carboxylic acids is 1. The maximum Gasteiger partial charge on any atom is 0.407 e. The number of benzene rings is 1. The van der Waals surface area contributed by atoms with Gasteiger partial charge in [-0.25, -0.2) is 14.0 Å². The zero-order valence-electron chi connectivity index (χ0n) is 25.3. The molecule has 1 aromatic carbocycles. The fraction of sp³-hybridized carbons (Fsp3) is 0.688. The molecule has 4 rings (SSSR count). The maximum absolute atomic E-state index is 14.3. The largest absolute Gasteiger partial charge is 0.478 e. The Morgan fingerprint density at radius 2 is 1.67 bits per heavy atom. The lowest BCUT2D eigenvalue weighted by Gasteiger charge is -2.37. The van der Waals surface area contributed by atoms with Crippen molar-refractivity contribution in [3.63, 3.8) is 0 Å². The number of anilines is 1. The van der Waals surface area contributed by atoms with Crippen LogP contribution >= 0.6 is 0 Å². The molecule has 0 bridgehead atoms. The lowest BCUT2D eigenvalue weighted by molar-refractivity contribution is -0.142. The number of carbonyl (C=O) groups excluding carboxylic acids is 3. The number of amides is 3. The second kappa shape index (κ2) is 13.4. The topological polar surface area (TPSA) is 125 Å². The summed E-state index contributed by atoms with van der Waals surface area (Å²) >= 11 is 0. The molecule has 1 aliphatic heterocycles. The van der Waals surface area contributed by atoms with Gasteiger partial charge in [0.2, 0.25) is 11.8 Å². The molecule has 10 heteroatoms. The number of ether oxygens (including phenoxy) is 1. The summed E-state index contributed by atoms with van der Waals surface area (Å²) in [4.78, 5) is 52.9. The first-order chi connectivity index (χ1) is 19.8. The van der Waals surface area contributed by atoms with E-state index >= 15 is 0 Å². The number of carboxylic acid groups (broad SMARTS) is 1. The molecule has 9 nitrogen and oxygen atoms in total. The van der Waals surface area contributed by atoms with Gasteiger partial charge in [-0.1, -0.05) is 32.1 Å². The summed E-state index contributed by atoms with van der Waals surface area (Å²) in [5.41, 5.74) is -0.856. The monoisotopic (exact) mass is 587 g/mol. The molecule has 3 aliphatic rings. The number of hydrogen-bond acceptors (Lipinski definition) is 5. The number of carbonyl (C=O) groups is 4. The quantitative estimate of drug-likeness (QED) is 0.361. The third kappa shape index (κ3) is 7.81. The van der Waals surface area contributed by atoms with E-state index in [4.69, 9.17) is 9.84 Å². The van der Waals surface area contributed by atoms with E-state index < -0.39 is 35.1 Å². The fourth-order valence-electron chi connectivity index (χ4n) is 7.15. The van der Waals surface area contributed by atoms with Crippen LogP contribution in [0.3, 0.4) is 0 Å². The van der Waals surface area contributed by atoms with Crippen LogP contribution in [0, 0.1) is 29.5 Å². The van der Waals surface area contributed by atoms with Crippen molar-refractivity contribution in [1.29, 1.82) is 0 Å². The van der Waals surface area contributed by atoms with Crippen molar-refractivity contribution in [3.8, 4) is 0 Å². The number of likely N-dealkylation sites (tertiary alicyclic amines) is 1. The summed E-state index contributed by atoms with van der Waals surface area (Å²) in [6, 6.07) is 2.82. The van der Waals surface area contributed by atoms with Crippen LogP contribution in [0.1, 0.15) is 102 Å². The highest BCUT2D eigenvalue weighted by molar-refractivity contribution is 5.98. The second-order valence-corrected chi connectivity index (χ2v) is 13.4. The number of hydrogen-bond donors (Lipinski definition) is 3. The molecule has 3 atom stereocenters. The highest BCUT2D eigenvalue weighted by Crippen LogP contribution is 2.41. The van der Waals surface area contributed by atoms with E-state index in [1.54, 1.807) is 4.90 Å². The molecule has 3 fully saturated rings. The zero-order valence-corrected chi connectivity index (χ0v) is 25.3. The van der Waals surface area contributed by atoms with Crippen LogP contribution in [0.15, 0.2) is 18.2 Å². The van der Waals surface area contributed by atoms with Crippen LogP contribution in [-0.4, -0.2) is 58.1 Å². The predicted octanol–water partition coefficient (Wildman–Crippen LogP) is 5.98. The van der Waals surface area contributed by atoms with Crippen LogP contribution in [0.5, 0.6) is 0 Å². The Balaban J connectivity index is 1.43. The van der Waals surface area contributed by atoms with Gasteiger partial charge >= 0.3 is 12.1 Å². The predicted molar refractivity (Wildman–Crippen MR) is 156 cm³/mol. The molecule has 1 aromatic rings. The molecule has 1 saturated heterocycles. The fourth-order valence-corrected chi connectivity index (χ4v) is 7.15. The van der Waals surface area contributed by atoms with Crippen LogP contribution in [0.2, 0.25) is 0 Å². The SMILES string of the molecule is CC(NC(=O)OC(C)(C)C)C1CCC(C(=O)N2CC[C@@H](C3CCCCC3)[C@H]2C(=O)Nc2ccc(C(=O)O)c(F)c2)CC1. The first-order valence-electron chi connectivity index (χ1n) is 15.5. The molecule has 0 aromatic heterocycles. The van der Waals surface area contributed by atoms with E-state index in [0.717, 1.165) is 57.1 Å². The van der Waals surface area contributed by atoms with Crippen LogP contribution in [0.4, 0.5) is 14.9 Å². The normalized spacial score (nSPS) is 25.9. The van der Waals surface area contributed by atoms with E-state index in [2.05, 4.69) is 10.6 Å². The molecule has 2 saturated carbocycles. The summed E-state index contributed by atoms with van der Waals surface area (Å²) in [6.45, 7) is 7.96. The Morgan fingerprint density at radius 3 is 2.26 bits per heavy atom. The van der Waals surface area contributed by atoms with Gasteiger partial charge in [-0.3, -0.25) is 9.59 Å². The first-order valence-corrected chi connectivity index (χ1v) is 15.5. The smallest absolute Gasteiger partial charge is 0.407 e. The van der Waals surface area contributed by atoms with Crippen molar-refractivity contribution < 1.29 is 33.4 Å². The number of aromatic carboxylic acids is 1. The van der Waals surface area contributed by atoms with Gasteiger partial charge < -0.3 is 25.4 Å². The van der Waals surface area contributed by atoms with Crippen molar-refractivity contribution in [2.45, 2.75) is 110 Å². The van der Waals surface area contributed by atoms with Gasteiger partial charge in [0.15, 0.2) is 0 Å². The van der Waals surface area contributed by atoms with E-state index in [-0.39, 0.29) is 41.3 Å². The maximum atomic E-state index is 14.3. The van der Waals surface area contributed by atoms with Crippen molar-refractivity contribution in [2.24, 2.45) is 23.7 Å². The lowest BCUT2D eigenvalue weighted by Crippen LogP contribution is -2.50. The minimum atomic E-state index is -1.37. The van der Waals surface area contributed by atoms with Crippen LogP contribution in [-0.2, 0) is 14.3 Å². The first kappa shape index (κ1) is 31.8. The molecule has 0 spiro atoms. The summed E-state index contributed by atoms with van der Waals surface area (Å²) in [7, 11) is 0. The lowest BCUT2D eigenvalue weighted by atomic mass is 9.76. The third-order valence-electron chi connectivity index (χ3n) is 9.29. The highest BCUT2D eigenvalue weighted by atomic mass is 19.1. The Labute approximate surface area is 247 Å². The van der Waals surface area contributed by atoms with E-state index in [9.17, 15) is 23.6 Å². The molecule has 1 unspecified atom stereocenters. The number of nitrogens with zero attached hydrogens (tertiary/aromatic N) is 1. The van der Waals surface area contributed by atoms with Gasteiger partial charge in [-0.2, -0.15) is 0 Å². The molecular weight excluding hydrogens is 541 g/mol. The summed E-state index contributed by atoms with van der Waals surface area (Å²) in [6.07, 6.45) is 8.75. The summed E-state index contributed by atoms with van der Waals surface area (Å²) in [5.74, 6) is -2.22. The van der Waals surface area contributed by atoms with Gasteiger partial charge in [-0.15, -0.1) is 0 Å². The van der Waals surface area contributed by atoms with E-state index in [0.29, 0.717) is 25.3 Å². The second-order valence-electron chi connectivity index (χ2n) is 13.4. The molecule has 3 amide bonds. The number of alkyl carbamates (subject to hydrolysis) is 1. The van der Waals surface area contributed by atoms with Crippen molar-refractivity contribution in [1.82, 2.24) is 10.2 Å². The van der Waals surface area contributed by atoms with Crippen molar-refractivity contribution in [3.05, 3.63) is 29.6 Å². The Hall–Kier alpha value is -3.17. The van der Waals surface area contributed by atoms with Gasteiger partial charge in [0.1, 0.15) is 17.5 Å². The minimum Gasteiger partial charge on any atom is -0.478 e. The third-order valence-corrected chi connectivity index (χ3v) is 9.29. The average Bonchev–Trinajstić information content (AvgIpc) is 3.37. The molecular formula is C32H46FN3O6.